The van der Waals surface area contributed by atoms with Crippen molar-refractivity contribution in [2.75, 3.05) is 11.7 Å². The molecule has 0 amide bonds. The van der Waals surface area contributed by atoms with Crippen LogP contribution in [-0.2, 0) is 0 Å². The molecule has 8 heteroatoms. The van der Waals surface area contributed by atoms with Gasteiger partial charge in [-0.15, -0.1) is 11.8 Å². The average molecular weight is 369 g/mol. The fraction of sp³-hybridized carbons (Fsp3) is 0.0833. The average Bonchev–Trinajstić information content (AvgIpc) is 2.84. The van der Waals surface area contributed by atoms with Gasteiger partial charge in [0.05, 0.1) is 6.21 Å². The van der Waals surface area contributed by atoms with E-state index < -0.39 is 0 Å². The number of aromatic hydroxyl groups is 1. The van der Waals surface area contributed by atoms with Gasteiger partial charge in [-0.3, -0.25) is 5.43 Å². The van der Waals surface area contributed by atoms with E-state index in [9.17, 15) is 5.11 Å². The molecule has 0 unspecified atom stereocenters. The van der Waals surface area contributed by atoms with Crippen LogP contribution in [0.25, 0.3) is 0 Å². The van der Waals surface area contributed by atoms with Crippen molar-refractivity contribution in [1.82, 2.24) is 4.37 Å². The predicted molar refractivity (Wildman–Crippen MR) is 85.6 cm³/mol. The summed E-state index contributed by atoms with van der Waals surface area (Å²) in [5.74, 6) is 0.133. The van der Waals surface area contributed by atoms with Crippen LogP contribution in [0.2, 0.25) is 0 Å². The number of nitriles is 1. The van der Waals surface area contributed by atoms with E-state index in [-0.39, 0.29) is 5.75 Å². The van der Waals surface area contributed by atoms with E-state index in [1.807, 2.05) is 6.26 Å². The lowest BCUT2D eigenvalue weighted by Gasteiger charge is -1.99. The summed E-state index contributed by atoms with van der Waals surface area (Å²) in [6, 6.07) is 7.15. The zero-order valence-electron chi connectivity index (χ0n) is 10.3. The number of hydrazone groups is 1. The van der Waals surface area contributed by atoms with Crippen molar-refractivity contribution in [2.24, 2.45) is 5.10 Å². The molecule has 20 heavy (non-hydrogen) atoms. The van der Waals surface area contributed by atoms with Gasteiger partial charge in [0, 0.05) is 10.0 Å². The lowest BCUT2D eigenvalue weighted by molar-refractivity contribution is 0.474. The summed E-state index contributed by atoms with van der Waals surface area (Å²) in [6.07, 6.45) is 3.35. The van der Waals surface area contributed by atoms with Gasteiger partial charge in [0.15, 0.2) is 0 Å². The third-order valence-electron chi connectivity index (χ3n) is 2.33. The number of hydrogen-bond acceptors (Lipinski definition) is 7. The predicted octanol–water partition coefficient (Wildman–Crippen LogP) is 3.65. The molecule has 5 nitrogen and oxygen atoms in total. The smallest absolute Gasteiger partial charge is 0.148 e. The first-order valence-corrected chi connectivity index (χ1v) is 8.16. The largest absolute Gasteiger partial charge is 0.507 e. The van der Waals surface area contributed by atoms with E-state index in [2.05, 4.69) is 36.9 Å². The van der Waals surface area contributed by atoms with E-state index >= 15 is 0 Å². The third kappa shape index (κ3) is 3.30. The van der Waals surface area contributed by atoms with Crippen LogP contribution in [0, 0.1) is 11.3 Å². The van der Waals surface area contributed by atoms with Gasteiger partial charge in [0.1, 0.15) is 27.4 Å². The molecule has 0 radical (unpaired) electrons. The number of phenols is 1. The highest BCUT2D eigenvalue weighted by Gasteiger charge is 2.11. The van der Waals surface area contributed by atoms with Crippen LogP contribution < -0.4 is 5.43 Å². The van der Waals surface area contributed by atoms with Gasteiger partial charge in [-0.1, -0.05) is 15.9 Å². The van der Waals surface area contributed by atoms with Crippen LogP contribution >= 0.6 is 39.2 Å². The number of nitrogens with zero attached hydrogens (tertiary/aromatic N) is 3. The Labute approximate surface area is 132 Å². The molecular formula is C12H9BrN4OS2. The van der Waals surface area contributed by atoms with Gasteiger partial charge in [0.25, 0.3) is 0 Å². The van der Waals surface area contributed by atoms with Crippen molar-refractivity contribution >= 4 is 50.4 Å². The Morgan fingerprint density at radius 3 is 3.10 bits per heavy atom. The number of anilines is 1. The maximum Gasteiger partial charge on any atom is 0.148 e. The fourth-order valence-electron chi connectivity index (χ4n) is 1.38. The lowest BCUT2D eigenvalue weighted by atomic mass is 10.2. The first kappa shape index (κ1) is 14.8. The molecular weight excluding hydrogens is 360 g/mol. The summed E-state index contributed by atoms with van der Waals surface area (Å²) in [4.78, 5) is 0. The van der Waals surface area contributed by atoms with Crippen LogP contribution in [-0.4, -0.2) is 22.0 Å². The summed E-state index contributed by atoms with van der Waals surface area (Å²) < 4.78 is 5.00. The molecule has 0 atom stereocenters. The Morgan fingerprint density at radius 2 is 2.40 bits per heavy atom. The Kier molecular flexibility index (Phi) is 5.00. The van der Waals surface area contributed by atoms with Gasteiger partial charge in [-0.05, 0) is 36.0 Å². The minimum Gasteiger partial charge on any atom is -0.507 e. The van der Waals surface area contributed by atoms with Gasteiger partial charge >= 0.3 is 0 Å². The van der Waals surface area contributed by atoms with Crippen molar-refractivity contribution in [3.8, 4) is 11.8 Å². The van der Waals surface area contributed by atoms with Crippen molar-refractivity contribution < 1.29 is 5.11 Å². The molecule has 0 saturated carbocycles. The van der Waals surface area contributed by atoms with Crippen LogP contribution in [0.4, 0.5) is 5.00 Å². The van der Waals surface area contributed by atoms with E-state index in [0.717, 1.165) is 4.47 Å². The Bertz CT molecular complexity index is 693. The summed E-state index contributed by atoms with van der Waals surface area (Å²) in [5, 5.41) is 24.0. The minimum atomic E-state index is 0.133. The topological polar surface area (TPSA) is 81.3 Å². The summed E-state index contributed by atoms with van der Waals surface area (Å²) in [7, 11) is 0. The molecule has 2 rings (SSSR count). The molecule has 2 aromatic rings. The van der Waals surface area contributed by atoms with Crippen LogP contribution in [0.15, 0.2) is 32.8 Å². The SMILES string of the molecule is CSc1nsc(NN=Cc2cc(Br)ccc2O)c1C#N. The first-order valence-electron chi connectivity index (χ1n) is 5.37. The molecule has 0 aliphatic carbocycles. The second-order valence-corrected chi connectivity index (χ2v) is 6.06. The van der Waals surface area contributed by atoms with E-state index in [1.165, 1.54) is 29.5 Å². The molecule has 102 valence electrons. The molecule has 0 aliphatic rings. The number of phenolic OH excluding ortho intramolecular Hbond substituents is 1. The molecule has 2 N–H and O–H groups in total. The number of rotatable bonds is 4. The maximum atomic E-state index is 9.67. The molecule has 0 saturated heterocycles. The first-order chi connectivity index (χ1) is 9.65. The number of hydrogen-bond donors (Lipinski definition) is 2. The zero-order chi connectivity index (χ0) is 14.5. The molecule has 1 aromatic heterocycles. The third-order valence-corrected chi connectivity index (χ3v) is 4.37. The van der Waals surface area contributed by atoms with E-state index in [1.54, 1.807) is 18.2 Å². The quantitative estimate of drug-likeness (QED) is 0.488. The van der Waals surface area contributed by atoms with Crippen LogP contribution in [0.1, 0.15) is 11.1 Å². The molecule has 1 aromatic carbocycles. The monoisotopic (exact) mass is 368 g/mol. The normalized spacial score (nSPS) is 10.7. The Balaban J connectivity index is 2.16. The summed E-state index contributed by atoms with van der Waals surface area (Å²) >= 11 is 5.91. The minimum absolute atomic E-state index is 0.133. The fourth-order valence-corrected chi connectivity index (χ4v) is 3.18. The van der Waals surface area contributed by atoms with Crippen molar-refractivity contribution in [3.63, 3.8) is 0 Å². The van der Waals surface area contributed by atoms with Gasteiger partial charge in [0.2, 0.25) is 0 Å². The van der Waals surface area contributed by atoms with Crippen LogP contribution in [0.3, 0.4) is 0 Å². The maximum absolute atomic E-state index is 9.67. The highest BCUT2D eigenvalue weighted by molar-refractivity contribution is 9.10. The van der Waals surface area contributed by atoms with Crippen molar-refractivity contribution in [3.05, 3.63) is 33.8 Å². The second kappa shape index (κ2) is 6.74. The van der Waals surface area contributed by atoms with Crippen molar-refractivity contribution in [1.29, 1.82) is 5.26 Å². The van der Waals surface area contributed by atoms with Gasteiger partial charge < -0.3 is 5.11 Å². The second-order valence-electron chi connectivity index (χ2n) is 3.58. The highest BCUT2D eigenvalue weighted by Crippen LogP contribution is 2.29. The van der Waals surface area contributed by atoms with Gasteiger partial charge in [-0.25, -0.2) is 0 Å². The molecule has 0 fully saturated rings. The van der Waals surface area contributed by atoms with E-state index in [4.69, 9.17) is 5.26 Å². The molecule has 0 bridgehead atoms. The van der Waals surface area contributed by atoms with Crippen LogP contribution in [0.5, 0.6) is 5.75 Å². The number of aromatic nitrogens is 1. The number of nitrogens with one attached hydrogen (secondary N) is 1. The van der Waals surface area contributed by atoms with E-state index in [0.29, 0.717) is 21.2 Å². The van der Waals surface area contributed by atoms with Crippen molar-refractivity contribution in [2.45, 2.75) is 5.03 Å². The summed E-state index contributed by atoms with van der Waals surface area (Å²) in [6.45, 7) is 0. The molecule has 1 heterocycles. The lowest BCUT2D eigenvalue weighted by Crippen LogP contribution is -1.91. The highest BCUT2D eigenvalue weighted by atomic mass is 79.9. The number of thioether (sulfide) groups is 1. The Morgan fingerprint density at radius 1 is 1.60 bits per heavy atom. The zero-order valence-corrected chi connectivity index (χ0v) is 13.5. The standard InChI is InChI=1S/C12H9BrN4OS2/c1-19-12-9(5-14)11(20-17-12)16-15-6-7-4-8(13)2-3-10(7)18/h2-4,6,16,18H,1H3. The molecule has 0 spiro atoms. The summed E-state index contributed by atoms with van der Waals surface area (Å²) in [5.41, 5.74) is 3.83. The number of halogens is 1. The Hall–Kier alpha value is -1.56. The van der Waals surface area contributed by atoms with Gasteiger partial charge in [-0.2, -0.15) is 14.7 Å². The number of benzene rings is 1. The molecule has 0 aliphatic heterocycles.